The van der Waals surface area contributed by atoms with Crippen LogP contribution in [0, 0.1) is 6.92 Å². The minimum absolute atomic E-state index is 0.250. The molecule has 3 heteroatoms. The standard InChI is InChI=1S/C17H16O3/c1-13-7-5-6-10-15(13)17(16(11-18)20-12-19)14-8-3-2-4-9-14/h2-10,12,18H,11H2,1H3/b17-16-. The van der Waals surface area contributed by atoms with E-state index in [1.165, 1.54) is 0 Å². The lowest BCUT2D eigenvalue weighted by Crippen LogP contribution is -2.03. The maximum atomic E-state index is 10.7. The largest absolute Gasteiger partial charge is 0.430 e. The van der Waals surface area contributed by atoms with Crippen molar-refractivity contribution in [2.75, 3.05) is 6.61 Å². The van der Waals surface area contributed by atoms with Crippen LogP contribution in [0.1, 0.15) is 16.7 Å². The molecule has 102 valence electrons. The van der Waals surface area contributed by atoms with Gasteiger partial charge in [0.05, 0.1) is 0 Å². The summed E-state index contributed by atoms with van der Waals surface area (Å²) >= 11 is 0. The molecule has 0 unspecified atom stereocenters. The Kier molecular flexibility index (Phi) is 4.69. The Hall–Kier alpha value is -2.39. The minimum Gasteiger partial charge on any atom is -0.430 e. The van der Waals surface area contributed by atoms with Crippen molar-refractivity contribution in [1.29, 1.82) is 0 Å². The van der Waals surface area contributed by atoms with Crippen LogP contribution in [0.15, 0.2) is 60.4 Å². The van der Waals surface area contributed by atoms with E-state index in [-0.39, 0.29) is 12.4 Å². The Morgan fingerprint density at radius 3 is 2.35 bits per heavy atom. The van der Waals surface area contributed by atoms with E-state index in [0.29, 0.717) is 6.47 Å². The average Bonchev–Trinajstić information content (AvgIpc) is 2.49. The number of benzene rings is 2. The first-order valence-electron chi connectivity index (χ1n) is 6.33. The van der Waals surface area contributed by atoms with Gasteiger partial charge >= 0.3 is 0 Å². The van der Waals surface area contributed by atoms with Gasteiger partial charge < -0.3 is 9.84 Å². The van der Waals surface area contributed by atoms with Gasteiger partial charge in [0, 0.05) is 5.57 Å². The molecular weight excluding hydrogens is 252 g/mol. The molecule has 0 aliphatic heterocycles. The summed E-state index contributed by atoms with van der Waals surface area (Å²) in [6, 6.07) is 17.4. The molecule has 3 nitrogen and oxygen atoms in total. The number of carbonyl (C=O) groups is 1. The summed E-state index contributed by atoms with van der Waals surface area (Å²) in [5, 5.41) is 9.50. The van der Waals surface area contributed by atoms with Crippen LogP contribution < -0.4 is 0 Å². The van der Waals surface area contributed by atoms with E-state index in [1.54, 1.807) is 0 Å². The van der Waals surface area contributed by atoms with E-state index in [2.05, 4.69) is 0 Å². The smallest absolute Gasteiger partial charge is 0.298 e. The fraction of sp³-hybridized carbons (Fsp3) is 0.118. The zero-order valence-corrected chi connectivity index (χ0v) is 11.2. The maximum absolute atomic E-state index is 10.7. The van der Waals surface area contributed by atoms with Crippen molar-refractivity contribution in [3.8, 4) is 0 Å². The molecule has 0 aromatic heterocycles. The number of aliphatic hydroxyl groups excluding tert-OH is 1. The molecule has 0 aliphatic rings. The summed E-state index contributed by atoms with van der Waals surface area (Å²) in [5.74, 6) is 0.250. The fourth-order valence-electron chi connectivity index (χ4n) is 2.16. The zero-order chi connectivity index (χ0) is 14.4. The first-order valence-corrected chi connectivity index (χ1v) is 6.33. The van der Waals surface area contributed by atoms with Crippen molar-refractivity contribution in [3.63, 3.8) is 0 Å². The molecule has 2 aromatic rings. The molecule has 0 aliphatic carbocycles. The van der Waals surface area contributed by atoms with Crippen molar-refractivity contribution in [3.05, 3.63) is 77.0 Å². The van der Waals surface area contributed by atoms with Crippen LogP contribution in [0.4, 0.5) is 0 Å². The van der Waals surface area contributed by atoms with Gasteiger partial charge in [-0.25, -0.2) is 0 Å². The van der Waals surface area contributed by atoms with Crippen LogP contribution in [0.3, 0.4) is 0 Å². The molecule has 0 saturated carbocycles. The molecule has 1 N–H and O–H groups in total. The molecular formula is C17H16O3. The second-order valence-corrected chi connectivity index (χ2v) is 4.35. The summed E-state index contributed by atoms with van der Waals surface area (Å²) in [7, 11) is 0. The second kappa shape index (κ2) is 6.68. The highest BCUT2D eigenvalue weighted by atomic mass is 16.5. The molecule has 2 aromatic carbocycles. The lowest BCUT2D eigenvalue weighted by atomic mass is 9.93. The van der Waals surface area contributed by atoms with E-state index in [9.17, 15) is 9.90 Å². The molecule has 0 fully saturated rings. The molecule has 0 bridgehead atoms. The van der Waals surface area contributed by atoms with E-state index in [0.717, 1.165) is 22.3 Å². The number of carbonyl (C=O) groups excluding carboxylic acids is 1. The Bertz CT molecular complexity index is 615. The SMILES string of the molecule is Cc1ccccc1/C(=C(/CO)OC=O)c1ccccc1. The van der Waals surface area contributed by atoms with Gasteiger partial charge in [-0.15, -0.1) is 0 Å². The Morgan fingerprint density at radius 2 is 1.75 bits per heavy atom. The van der Waals surface area contributed by atoms with Gasteiger partial charge in [0.1, 0.15) is 12.4 Å². The molecule has 2 rings (SSSR count). The van der Waals surface area contributed by atoms with Crippen LogP contribution in [-0.4, -0.2) is 18.2 Å². The lowest BCUT2D eigenvalue weighted by molar-refractivity contribution is -0.125. The highest BCUT2D eigenvalue weighted by Gasteiger charge is 2.14. The Balaban J connectivity index is 2.68. The van der Waals surface area contributed by atoms with Gasteiger partial charge in [0.15, 0.2) is 0 Å². The Labute approximate surface area is 118 Å². The maximum Gasteiger partial charge on any atom is 0.298 e. The predicted octanol–water partition coefficient (Wildman–Crippen LogP) is 2.92. The third-order valence-corrected chi connectivity index (χ3v) is 3.09. The number of hydrogen-bond donors (Lipinski definition) is 1. The third kappa shape index (κ3) is 2.95. The first-order chi connectivity index (χ1) is 9.77. The van der Waals surface area contributed by atoms with Crippen molar-refractivity contribution in [2.45, 2.75) is 6.92 Å². The van der Waals surface area contributed by atoms with Gasteiger partial charge in [0.2, 0.25) is 0 Å². The van der Waals surface area contributed by atoms with Crippen molar-refractivity contribution in [2.24, 2.45) is 0 Å². The van der Waals surface area contributed by atoms with Crippen LogP contribution in [0.5, 0.6) is 0 Å². The summed E-state index contributed by atoms with van der Waals surface area (Å²) in [4.78, 5) is 10.7. The highest BCUT2D eigenvalue weighted by molar-refractivity contribution is 5.83. The average molecular weight is 268 g/mol. The molecule has 0 amide bonds. The topological polar surface area (TPSA) is 46.5 Å². The minimum atomic E-state index is -0.336. The van der Waals surface area contributed by atoms with Gasteiger partial charge in [-0.1, -0.05) is 54.6 Å². The van der Waals surface area contributed by atoms with Crippen molar-refractivity contribution < 1.29 is 14.6 Å². The summed E-state index contributed by atoms with van der Waals surface area (Å²) in [6.07, 6.45) is 0. The molecule has 0 atom stereocenters. The van der Waals surface area contributed by atoms with Gasteiger partial charge in [-0.05, 0) is 23.6 Å². The molecule has 0 saturated heterocycles. The number of rotatable bonds is 5. The summed E-state index contributed by atoms with van der Waals surface area (Å²) < 4.78 is 4.97. The van der Waals surface area contributed by atoms with Gasteiger partial charge in [-0.2, -0.15) is 0 Å². The normalized spacial score (nSPS) is 11.7. The zero-order valence-electron chi connectivity index (χ0n) is 11.2. The number of aliphatic hydroxyl groups is 1. The van der Waals surface area contributed by atoms with Gasteiger partial charge in [0.25, 0.3) is 6.47 Å². The van der Waals surface area contributed by atoms with Crippen LogP contribution in [0.25, 0.3) is 5.57 Å². The first kappa shape index (κ1) is 14.0. The van der Waals surface area contributed by atoms with E-state index >= 15 is 0 Å². The summed E-state index contributed by atoms with van der Waals surface area (Å²) in [6.45, 7) is 1.98. The molecule has 0 radical (unpaired) electrons. The number of ether oxygens (including phenoxy) is 1. The number of aryl methyl sites for hydroxylation is 1. The van der Waals surface area contributed by atoms with Crippen LogP contribution >= 0.6 is 0 Å². The second-order valence-electron chi connectivity index (χ2n) is 4.35. The van der Waals surface area contributed by atoms with Crippen LogP contribution in [0.2, 0.25) is 0 Å². The summed E-state index contributed by atoms with van der Waals surface area (Å²) in [5.41, 5.74) is 3.61. The third-order valence-electron chi connectivity index (χ3n) is 3.09. The molecule has 20 heavy (non-hydrogen) atoms. The van der Waals surface area contributed by atoms with Crippen LogP contribution in [-0.2, 0) is 9.53 Å². The van der Waals surface area contributed by atoms with Crippen molar-refractivity contribution >= 4 is 12.0 Å². The predicted molar refractivity (Wildman–Crippen MR) is 77.9 cm³/mol. The Morgan fingerprint density at radius 1 is 1.10 bits per heavy atom. The highest BCUT2D eigenvalue weighted by Crippen LogP contribution is 2.29. The van der Waals surface area contributed by atoms with Gasteiger partial charge in [-0.3, -0.25) is 4.79 Å². The molecule has 0 spiro atoms. The van der Waals surface area contributed by atoms with E-state index < -0.39 is 0 Å². The van der Waals surface area contributed by atoms with Crippen molar-refractivity contribution in [1.82, 2.24) is 0 Å². The number of hydrogen-bond acceptors (Lipinski definition) is 3. The monoisotopic (exact) mass is 268 g/mol. The molecule has 0 heterocycles. The van der Waals surface area contributed by atoms with E-state index in [1.807, 2.05) is 61.5 Å². The van der Waals surface area contributed by atoms with E-state index in [4.69, 9.17) is 4.74 Å². The lowest BCUT2D eigenvalue weighted by Gasteiger charge is -2.15. The fourth-order valence-corrected chi connectivity index (χ4v) is 2.16. The quantitative estimate of drug-likeness (QED) is 0.670.